The van der Waals surface area contributed by atoms with Gasteiger partial charge >= 0.3 is 5.97 Å². The maximum atomic E-state index is 10.8. The molecule has 0 spiro atoms. The Morgan fingerprint density at radius 3 is 2.55 bits per heavy atom. The van der Waals surface area contributed by atoms with E-state index < -0.39 is 5.97 Å². The predicted octanol–water partition coefficient (Wildman–Crippen LogP) is 3.65. The summed E-state index contributed by atoms with van der Waals surface area (Å²) in [5.74, 6) is 0.525. The number of halogens is 1. The number of hydrogen-bond acceptors (Lipinski definition) is 3. The van der Waals surface area contributed by atoms with Crippen LogP contribution in [-0.2, 0) is 11.3 Å². The zero-order valence-corrected chi connectivity index (χ0v) is 12.7. The summed E-state index contributed by atoms with van der Waals surface area (Å²) >= 11 is 5.92. The summed E-state index contributed by atoms with van der Waals surface area (Å²) in [4.78, 5) is 12.9. The molecule has 0 bridgehead atoms. The molecule has 1 aliphatic heterocycles. The summed E-state index contributed by atoms with van der Waals surface area (Å²) in [6.45, 7) is 2.01. The van der Waals surface area contributed by atoms with Crippen molar-refractivity contribution in [1.29, 1.82) is 0 Å². The molecule has 1 saturated heterocycles. The minimum Gasteiger partial charge on any atom is -0.481 e. The minimum atomic E-state index is -0.707. The molecule has 3 rings (SSSR count). The fourth-order valence-electron chi connectivity index (χ4n) is 2.44. The van der Waals surface area contributed by atoms with E-state index in [0.29, 0.717) is 23.9 Å². The van der Waals surface area contributed by atoms with Crippen molar-refractivity contribution < 1.29 is 14.6 Å². The van der Waals surface area contributed by atoms with E-state index in [1.165, 1.54) is 0 Å². The second-order valence-electron chi connectivity index (χ2n) is 5.43. The Morgan fingerprint density at radius 2 is 1.91 bits per heavy atom. The Balaban J connectivity index is 1.56. The van der Waals surface area contributed by atoms with E-state index in [4.69, 9.17) is 21.4 Å². The fourth-order valence-corrected chi connectivity index (χ4v) is 2.62. The molecule has 2 aromatic rings. The molecule has 5 heteroatoms. The number of aliphatic carboxylic acids is 1. The van der Waals surface area contributed by atoms with Crippen LogP contribution in [0.4, 0.5) is 0 Å². The van der Waals surface area contributed by atoms with Gasteiger partial charge in [0, 0.05) is 24.7 Å². The molecule has 0 unspecified atom stereocenters. The van der Waals surface area contributed by atoms with E-state index in [1.54, 1.807) is 12.1 Å². The summed E-state index contributed by atoms with van der Waals surface area (Å²) in [5, 5.41) is 9.50. The van der Waals surface area contributed by atoms with Gasteiger partial charge in [-0.25, -0.2) is 0 Å². The summed E-state index contributed by atoms with van der Waals surface area (Å²) in [7, 11) is 0. The van der Waals surface area contributed by atoms with E-state index in [9.17, 15) is 4.79 Å². The van der Waals surface area contributed by atoms with Crippen LogP contribution in [-0.4, -0.2) is 29.1 Å². The summed E-state index contributed by atoms with van der Waals surface area (Å²) < 4.78 is 5.73. The largest absolute Gasteiger partial charge is 0.481 e. The highest BCUT2D eigenvalue weighted by molar-refractivity contribution is 6.30. The standard InChI is InChI=1S/C17H16ClNO3/c18-14-2-1-3-16(8-14)22-15-6-4-12(5-7-15)9-19-10-13(11-19)17(20)21/h1-8,13H,9-11H2,(H,20,21). The SMILES string of the molecule is O=C(O)C1CN(Cc2ccc(Oc3cccc(Cl)c3)cc2)C1. The number of benzene rings is 2. The summed E-state index contributed by atoms with van der Waals surface area (Å²) in [6, 6.07) is 15.1. The number of carboxylic acids is 1. The Labute approximate surface area is 133 Å². The van der Waals surface area contributed by atoms with Gasteiger partial charge in [0.15, 0.2) is 0 Å². The van der Waals surface area contributed by atoms with Crippen LogP contribution in [0.5, 0.6) is 11.5 Å². The molecule has 1 heterocycles. The molecular formula is C17H16ClNO3. The van der Waals surface area contributed by atoms with Gasteiger partial charge in [-0.3, -0.25) is 9.69 Å². The molecule has 0 aromatic heterocycles. The zero-order chi connectivity index (χ0) is 15.5. The molecule has 114 valence electrons. The van der Waals surface area contributed by atoms with Crippen molar-refractivity contribution >= 4 is 17.6 Å². The summed E-state index contributed by atoms with van der Waals surface area (Å²) in [5.41, 5.74) is 1.14. The molecule has 4 nitrogen and oxygen atoms in total. The number of likely N-dealkylation sites (tertiary alicyclic amines) is 1. The van der Waals surface area contributed by atoms with Crippen LogP contribution >= 0.6 is 11.6 Å². The van der Waals surface area contributed by atoms with E-state index in [0.717, 1.165) is 17.9 Å². The highest BCUT2D eigenvalue weighted by atomic mass is 35.5. The maximum absolute atomic E-state index is 10.8. The molecule has 0 saturated carbocycles. The van der Waals surface area contributed by atoms with Gasteiger partial charge in [0.25, 0.3) is 0 Å². The second kappa shape index (κ2) is 6.38. The third-order valence-electron chi connectivity index (χ3n) is 3.67. The van der Waals surface area contributed by atoms with Crippen LogP contribution in [0.25, 0.3) is 0 Å². The molecule has 0 atom stereocenters. The molecule has 1 fully saturated rings. The lowest BCUT2D eigenvalue weighted by Crippen LogP contribution is -2.49. The van der Waals surface area contributed by atoms with Crippen molar-refractivity contribution in [3.05, 3.63) is 59.1 Å². The third kappa shape index (κ3) is 3.59. The van der Waals surface area contributed by atoms with Gasteiger partial charge in [-0.1, -0.05) is 29.8 Å². The first-order chi connectivity index (χ1) is 10.6. The van der Waals surface area contributed by atoms with Crippen molar-refractivity contribution in [3.63, 3.8) is 0 Å². The molecule has 0 aliphatic carbocycles. The van der Waals surface area contributed by atoms with Crippen LogP contribution in [0.15, 0.2) is 48.5 Å². The average molecular weight is 318 g/mol. The quantitative estimate of drug-likeness (QED) is 0.914. The lowest BCUT2D eigenvalue weighted by atomic mass is 10.00. The first-order valence-electron chi connectivity index (χ1n) is 7.08. The monoisotopic (exact) mass is 317 g/mol. The molecule has 1 N–H and O–H groups in total. The van der Waals surface area contributed by atoms with Crippen LogP contribution in [0, 0.1) is 5.92 Å². The Kier molecular flexibility index (Phi) is 4.32. The number of ether oxygens (including phenoxy) is 1. The van der Waals surface area contributed by atoms with Crippen molar-refractivity contribution in [1.82, 2.24) is 4.90 Å². The molecular weight excluding hydrogens is 302 g/mol. The van der Waals surface area contributed by atoms with Crippen molar-refractivity contribution in [2.75, 3.05) is 13.1 Å². The topological polar surface area (TPSA) is 49.8 Å². The van der Waals surface area contributed by atoms with Crippen molar-refractivity contribution in [2.45, 2.75) is 6.54 Å². The zero-order valence-electron chi connectivity index (χ0n) is 11.9. The lowest BCUT2D eigenvalue weighted by molar-refractivity contribution is -0.147. The maximum Gasteiger partial charge on any atom is 0.309 e. The average Bonchev–Trinajstić information content (AvgIpc) is 2.44. The molecule has 0 radical (unpaired) electrons. The first-order valence-corrected chi connectivity index (χ1v) is 7.45. The lowest BCUT2D eigenvalue weighted by Gasteiger charge is -2.36. The third-order valence-corrected chi connectivity index (χ3v) is 3.90. The number of carbonyl (C=O) groups is 1. The van der Waals surface area contributed by atoms with Crippen LogP contribution < -0.4 is 4.74 Å². The minimum absolute atomic E-state index is 0.217. The first kappa shape index (κ1) is 14.9. The highest BCUT2D eigenvalue weighted by Gasteiger charge is 2.31. The predicted molar refractivity (Wildman–Crippen MR) is 84.4 cm³/mol. The smallest absolute Gasteiger partial charge is 0.309 e. The van der Waals surface area contributed by atoms with Crippen LogP contribution in [0.3, 0.4) is 0 Å². The number of rotatable bonds is 5. The van der Waals surface area contributed by atoms with Gasteiger partial charge in [-0.05, 0) is 35.9 Å². The molecule has 0 amide bonds. The number of carboxylic acid groups (broad SMARTS) is 1. The molecule has 1 aliphatic rings. The van der Waals surface area contributed by atoms with Crippen LogP contribution in [0.2, 0.25) is 5.02 Å². The molecule has 2 aromatic carbocycles. The van der Waals surface area contributed by atoms with Gasteiger partial charge in [0.2, 0.25) is 0 Å². The van der Waals surface area contributed by atoms with Gasteiger partial charge in [0.05, 0.1) is 5.92 Å². The number of nitrogens with zero attached hydrogens (tertiary/aromatic N) is 1. The van der Waals surface area contributed by atoms with Crippen LogP contribution in [0.1, 0.15) is 5.56 Å². The van der Waals surface area contributed by atoms with Crippen molar-refractivity contribution in [3.8, 4) is 11.5 Å². The van der Waals surface area contributed by atoms with E-state index in [1.807, 2.05) is 36.4 Å². The van der Waals surface area contributed by atoms with E-state index in [2.05, 4.69) is 4.90 Å². The van der Waals surface area contributed by atoms with Crippen molar-refractivity contribution in [2.24, 2.45) is 5.92 Å². The van der Waals surface area contributed by atoms with Gasteiger partial charge in [-0.15, -0.1) is 0 Å². The Hall–Kier alpha value is -2.04. The fraction of sp³-hybridized carbons (Fsp3) is 0.235. The number of hydrogen-bond donors (Lipinski definition) is 1. The van der Waals surface area contributed by atoms with E-state index >= 15 is 0 Å². The van der Waals surface area contributed by atoms with Gasteiger partial charge < -0.3 is 9.84 Å². The molecule has 22 heavy (non-hydrogen) atoms. The Morgan fingerprint density at radius 1 is 1.18 bits per heavy atom. The van der Waals surface area contributed by atoms with E-state index in [-0.39, 0.29) is 5.92 Å². The van der Waals surface area contributed by atoms with Gasteiger partial charge in [0.1, 0.15) is 11.5 Å². The second-order valence-corrected chi connectivity index (χ2v) is 5.87. The Bertz CT molecular complexity index is 666. The van der Waals surface area contributed by atoms with Gasteiger partial charge in [-0.2, -0.15) is 0 Å². The normalized spacial score (nSPS) is 15.3. The summed E-state index contributed by atoms with van der Waals surface area (Å²) in [6.07, 6.45) is 0. The highest BCUT2D eigenvalue weighted by Crippen LogP contribution is 2.25.